The van der Waals surface area contributed by atoms with Gasteiger partial charge in [-0.25, -0.2) is 9.97 Å². The molecule has 5 aromatic rings. The van der Waals surface area contributed by atoms with E-state index in [1.165, 1.54) is 20.3 Å². The second-order valence-corrected chi connectivity index (χ2v) is 11.6. The molecule has 1 aliphatic rings. The second-order valence-electron chi connectivity index (χ2n) is 10.8. The highest BCUT2D eigenvalue weighted by molar-refractivity contribution is 6.41. The molecular weight excluding hydrogens is 615 g/mol. The number of rotatable bonds is 9. The Morgan fingerprint density at radius 3 is 2.49 bits per heavy atom. The summed E-state index contributed by atoms with van der Waals surface area (Å²) >= 11 is 13.5. The third-order valence-electron chi connectivity index (χ3n) is 8.00. The molecule has 4 heterocycles. The van der Waals surface area contributed by atoms with Crippen LogP contribution in [-0.2, 0) is 4.79 Å². The van der Waals surface area contributed by atoms with Crippen molar-refractivity contribution in [1.29, 1.82) is 0 Å². The topological polar surface area (TPSA) is 109 Å². The highest BCUT2D eigenvalue weighted by Crippen LogP contribution is 2.47. The van der Waals surface area contributed by atoms with Crippen molar-refractivity contribution in [2.45, 2.75) is 12.5 Å². The Morgan fingerprint density at radius 1 is 1.07 bits per heavy atom. The van der Waals surface area contributed by atoms with Crippen molar-refractivity contribution in [2.24, 2.45) is 0 Å². The number of amides is 1. The van der Waals surface area contributed by atoms with Crippen LogP contribution < -0.4 is 25.0 Å². The fourth-order valence-corrected chi connectivity index (χ4v) is 6.28. The first-order valence-corrected chi connectivity index (χ1v) is 15.0. The minimum Gasteiger partial charge on any atom is -0.495 e. The van der Waals surface area contributed by atoms with Gasteiger partial charge in [0.25, 0.3) is 0 Å². The molecule has 0 unspecified atom stereocenters. The van der Waals surface area contributed by atoms with E-state index in [2.05, 4.69) is 51.1 Å². The van der Waals surface area contributed by atoms with Gasteiger partial charge in [0.2, 0.25) is 11.9 Å². The number of hydrogen-bond donors (Lipinski definition) is 2. The van der Waals surface area contributed by atoms with Gasteiger partial charge in [0.15, 0.2) is 5.65 Å². The van der Waals surface area contributed by atoms with Crippen LogP contribution in [0.15, 0.2) is 61.6 Å². The third-order valence-corrected chi connectivity index (χ3v) is 8.75. The summed E-state index contributed by atoms with van der Waals surface area (Å²) in [6.07, 6.45) is 7.49. The number of anilines is 4. The number of likely N-dealkylation sites (N-methyl/N-ethyl adjacent to an activating group) is 1. The largest absolute Gasteiger partial charge is 0.495 e. The highest BCUT2D eigenvalue weighted by Gasteiger charge is 2.25. The molecule has 1 aliphatic heterocycles. The van der Waals surface area contributed by atoms with Crippen molar-refractivity contribution < 1.29 is 14.3 Å². The van der Waals surface area contributed by atoms with Gasteiger partial charge in [-0.05, 0) is 50.9 Å². The molecule has 2 aromatic carbocycles. The molecule has 0 spiro atoms. The van der Waals surface area contributed by atoms with E-state index in [4.69, 9.17) is 37.7 Å². The van der Waals surface area contributed by atoms with Crippen LogP contribution in [0.5, 0.6) is 11.5 Å². The zero-order valence-electron chi connectivity index (χ0n) is 25.3. The molecule has 6 rings (SSSR count). The van der Waals surface area contributed by atoms with Crippen molar-refractivity contribution in [2.75, 3.05) is 56.9 Å². The number of halogens is 2. The molecule has 3 aromatic heterocycles. The summed E-state index contributed by atoms with van der Waals surface area (Å²) in [5, 5.41) is 7.58. The fourth-order valence-electron chi connectivity index (χ4n) is 5.58. The Bertz CT molecular complexity index is 1920. The molecule has 11 nitrogen and oxygen atoms in total. The fraction of sp³-hybridized carbons (Fsp3) is 0.250. The number of benzene rings is 2. The van der Waals surface area contributed by atoms with Gasteiger partial charge in [0.1, 0.15) is 17.1 Å². The molecule has 1 amide bonds. The summed E-state index contributed by atoms with van der Waals surface area (Å²) in [5.41, 5.74) is 4.61. The van der Waals surface area contributed by atoms with Crippen LogP contribution >= 0.6 is 23.2 Å². The summed E-state index contributed by atoms with van der Waals surface area (Å²) in [6.45, 7) is 5.44. The van der Waals surface area contributed by atoms with Gasteiger partial charge in [-0.3, -0.25) is 9.20 Å². The first-order chi connectivity index (χ1) is 21.7. The average Bonchev–Trinajstić information content (AvgIpc) is 3.74. The van der Waals surface area contributed by atoms with Gasteiger partial charge < -0.3 is 29.9 Å². The molecule has 45 heavy (non-hydrogen) atoms. The molecule has 0 bridgehead atoms. The van der Waals surface area contributed by atoms with Gasteiger partial charge in [0.05, 0.1) is 35.6 Å². The van der Waals surface area contributed by atoms with Crippen LogP contribution in [0.2, 0.25) is 10.0 Å². The minimum absolute atomic E-state index is 0.318. The lowest BCUT2D eigenvalue weighted by atomic mass is 10.0. The average molecular weight is 648 g/mol. The lowest BCUT2D eigenvalue weighted by Crippen LogP contribution is -2.31. The standard InChI is InChI=1S/C32H32Cl2N8O3/c1-6-26(43)37-23-14-19(41-11-9-20(17-41)40(2)3)7-8-22(23)38-32-36-16-18-13-21(31-35-10-12-42(31)30(18)39-32)27-28(33)24(44-4)15-25(45-5)29(27)34/h6-8,10,12-16,20H,1,9,11,17H2,2-5H3,(H,37,43)(H,36,38,39)/t20-/m0/s1. The molecule has 1 atom stereocenters. The van der Waals surface area contributed by atoms with Gasteiger partial charge in [-0.2, -0.15) is 4.98 Å². The monoisotopic (exact) mass is 646 g/mol. The molecule has 0 radical (unpaired) electrons. The number of imidazole rings is 1. The number of aromatic nitrogens is 4. The molecular formula is C32H32Cl2N8O3. The van der Waals surface area contributed by atoms with Gasteiger partial charge in [0, 0.05) is 66.0 Å². The maximum Gasteiger partial charge on any atom is 0.247 e. The van der Waals surface area contributed by atoms with E-state index in [1.54, 1.807) is 24.7 Å². The van der Waals surface area contributed by atoms with Crippen LogP contribution in [-0.4, -0.2) is 77.6 Å². The second kappa shape index (κ2) is 12.4. The van der Waals surface area contributed by atoms with Crippen molar-refractivity contribution in [3.63, 3.8) is 0 Å². The summed E-state index contributed by atoms with van der Waals surface area (Å²) in [5.74, 6) is 0.851. The summed E-state index contributed by atoms with van der Waals surface area (Å²) < 4.78 is 12.8. The Hall–Kier alpha value is -4.58. The number of hydrogen-bond acceptors (Lipinski definition) is 9. The van der Waals surface area contributed by atoms with E-state index in [9.17, 15) is 4.79 Å². The van der Waals surface area contributed by atoms with Crippen LogP contribution in [0.1, 0.15) is 6.42 Å². The van der Waals surface area contributed by atoms with Crippen LogP contribution in [0.4, 0.5) is 23.0 Å². The number of methoxy groups -OCH3 is 2. The number of carbonyl (C=O) groups excluding carboxylic acids is 1. The van der Waals surface area contributed by atoms with Crippen molar-refractivity contribution in [1.82, 2.24) is 24.3 Å². The van der Waals surface area contributed by atoms with Crippen LogP contribution in [0.3, 0.4) is 0 Å². The van der Waals surface area contributed by atoms with Gasteiger partial charge in [-0.15, -0.1) is 0 Å². The zero-order valence-corrected chi connectivity index (χ0v) is 26.8. The molecule has 0 aliphatic carbocycles. The summed E-state index contributed by atoms with van der Waals surface area (Å²) in [7, 11) is 7.25. The van der Waals surface area contributed by atoms with E-state index in [1.807, 2.05) is 28.7 Å². The number of fused-ring (bicyclic) bond motifs is 3. The summed E-state index contributed by atoms with van der Waals surface area (Å²) in [6, 6.07) is 9.90. The highest BCUT2D eigenvalue weighted by atomic mass is 35.5. The molecule has 232 valence electrons. The Labute approximate surface area is 270 Å². The molecule has 2 N–H and O–H groups in total. The van der Waals surface area contributed by atoms with Crippen molar-refractivity contribution >= 4 is 68.8 Å². The van der Waals surface area contributed by atoms with Crippen LogP contribution in [0, 0.1) is 0 Å². The lowest BCUT2D eigenvalue weighted by Gasteiger charge is -2.23. The Balaban J connectivity index is 1.39. The summed E-state index contributed by atoms with van der Waals surface area (Å²) in [4.78, 5) is 30.9. The number of nitrogens with one attached hydrogen (secondary N) is 2. The Kier molecular flexibility index (Phi) is 8.41. The number of nitrogens with zero attached hydrogens (tertiary/aromatic N) is 6. The maximum absolute atomic E-state index is 12.4. The van der Waals surface area contributed by atoms with Gasteiger partial charge >= 0.3 is 0 Å². The predicted octanol–water partition coefficient (Wildman–Crippen LogP) is 6.28. The smallest absolute Gasteiger partial charge is 0.247 e. The van der Waals surface area contributed by atoms with E-state index in [0.717, 1.165) is 30.6 Å². The number of pyridine rings is 1. The molecule has 13 heteroatoms. The van der Waals surface area contributed by atoms with Crippen molar-refractivity contribution in [3.8, 4) is 22.6 Å². The molecule has 1 fully saturated rings. The predicted molar refractivity (Wildman–Crippen MR) is 180 cm³/mol. The molecule has 0 saturated carbocycles. The van der Waals surface area contributed by atoms with E-state index < -0.39 is 0 Å². The third kappa shape index (κ3) is 5.70. The maximum atomic E-state index is 12.4. The minimum atomic E-state index is -0.318. The quantitative estimate of drug-likeness (QED) is 0.179. The van der Waals surface area contributed by atoms with E-state index >= 15 is 0 Å². The molecule has 1 saturated heterocycles. The number of ether oxygens (including phenoxy) is 2. The SMILES string of the molecule is C=CC(=O)Nc1cc(N2CC[C@H](N(C)C)C2)ccc1Nc1ncc2cc(-c3c(Cl)c(OC)cc(OC)c3Cl)c3nccn3c2n1. The first-order valence-electron chi connectivity index (χ1n) is 14.2. The normalized spacial score (nSPS) is 14.7. The van der Waals surface area contributed by atoms with E-state index in [-0.39, 0.29) is 5.91 Å². The lowest BCUT2D eigenvalue weighted by molar-refractivity contribution is -0.111. The van der Waals surface area contributed by atoms with E-state index in [0.29, 0.717) is 67.3 Å². The Morgan fingerprint density at radius 2 is 1.82 bits per heavy atom. The first kappa shape index (κ1) is 30.4. The van der Waals surface area contributed by atoms with Crippen LogP contribution in [0.25, 0.3) is 27.8 Å². The zero-order chi connectivity index (χ0) is 31.8. The van der Waals surface area contributed by atoms with Crippen molar-refractivity contribution in [3.05, 3.63) is 71.6 Å². The van der Waals surface area contributed by atoms with Gasteiger partial charge in [-0.1, -0.05) is 29.8 Å². The number of carbonyl (C=O) groups is 1.